The average molecular weight is 173 g/mol. The zero-order valence-corrected chi connectivity index (χ0v) is 7.59. The van der Waals surface area contributed by atoms with Gasteiger partial charge in [-0.05, 0) is 18.9 Å². The van der Waals surface area contributed by atoms with Crippen LogP contribution in [0.25, 0.3) is 0 Å². The lowest BCUT2D eigenvalue weighted by Crippen LogP contribution is -2.30. The second-order valence-electron chi connectivity index (χ2n) is 3.21. The molecule has 2 nitrogen and oxygen atoms in total. The van der Waals surface area contributed by atoms with Gasteiger partial charge in [0.2, 0.25) is 0 Å². The van der Waals surface area contributed by atoms with Gasteiger partial charge in [-0.1, -0.05) is 24.3 Å². The second-order valence-corrected chi connectivity index (χ2v) is 3.21. The number of rotatable bonds is 1. The van der Waals surface area contributed by atoms with E-state index in [4.69, 9.17) is 0 Å². The van der Waals surface area contributed by atoms with Crippen molar-refractivity contribution in [3.63, 3.8) is 0 Å². The molecule has 0 saturated carbocycles. The van der Waals surface area contributed by atoms with Gasteiger partial charge in [0.25, 0.3) is 0 Å². The van der Waals surface area contributed by atoms with Crippen LogP contribution in [0.1, 0.15) is 17.5 Å². The quantitative estimate of drug-likeness (QED) is 0.685. The molecule has 1 heterocycles. The van der Waals surface area contributed by atoms with Gasteiger partial charge in [0.15, 0.2) is 0 Å². The summed E-state index contributed by atoms with van der Waals surface area (Å²) in [5, 5.41) is 3.28. The Hall–Kier alpha value is -1.31. The van der Waals surface area contributed by atoms with Gasteiger partial charge in [0.1, 0.15) is 5.84 Å². The zero-order valence-electron chi connectivity index (χ0n) is 7.59. The highest BCUT2D eigenvalue weighted by Gasteiger charge is 2.05. The number of benzene rings is 1. The van der Waals surface area contributed by atoms with Gasteiger partial charge in [-0.2, -0.15) is 0 Å². The van der Waals surface area contributed by atoms with Gasteiger partial charge in [0, 0.05) is 18.7 Å². The minimum absolute atomic E-state index is 0.939. The highest BCUT2D eigenvalue weighted by molar-refractivity contribution is 5.99. The van der Waals surface area contributed by atoms with E-state index in [9.17, 15) is 0 Å². The van der Waals surface area contributed by atoms with Crippen LogP contribution in [0.2, 0.25) is 0 Å². The predicted octanol–water partition coefficient (Wildman–Crippen LogP) is 1.61. The van der Waals surface area contributed by atoms with Gasteiger partial charge in [-0.15, -0.1) is 0 Å². The lowest BCUT2D eigenvalue weighted by Gasteiger charge is -2.14. The van der Waals surface area contributed by atoms with E-state index in [1.54, 1.807) is 0 Å². The number of nitrogens with zero attached hydrogens (tertiary/aromatic N) is 1. The monoisotopic (exact) mass is 173 g/mol. The topological polar surface area (TPSA) is 24.4 Å². The smallest absolute Gasteiger partial charge is 0.128 e. The average Bonchev–Trinajstić information content (AvgIpc) is 2.20. The number of amidine groups is 1. The van der Waals surface area contributed by atoms with Crippen LogP contribution >= 0.6 is 0 Å². The molecule has 0 spiro atoms. The van der Waals surface area contributed by atoms with Crippen LogP contribution in [0.15, 0.2) is 29.3 Å². The van der Waals surface area contributed by atoms with Crippen LogP contribution < -0.4 is 5.32 Å². The molecule has 1 aliphatic rings. The first kappa shape index (κ1) is 8.30. The summed E-state index contributed by atoms with van der Waals surface area (Å²) >= 11 is 0. The second kappa shape index (κ2) is 3.60. The van der Waals surface area contributed by atoms with Crippen molar-refractivity contribution in [1.82, 2.24) is 5.32 Å². The van der Waals surface area contributed by atoms with Crippen LogP contribution in [0, 0.1) is 6.92 Å². The zero-order chi connectivity index (χ0) is 9.10. The van der Waals surface area contributed by atoms with Gasteiger partial charge in [-0.3, -0.25) is 4.99 Å². The van der Waals surface area contributed by atoms with Crippen molar-refractivity contribution in [3.8, 4) is 0 Å². The first-order chi connectivity index (χ1) is 6.36. The Balaban J connectivity index is 2.24. The molecule has 0 atom stereocenters. The number of hydrogen-bond acceptors (Lipinski definition) is 2. The molecular formula is C11H13N2. The first-order valence-corrected chi connectivity index (χ1v) is 4.57. The molecule has 0 fully saturated rings. The Kier molecular flexibility index (Phi) is 2.30. The van der Waals surface area contributed by atoms with Crippen molar-refractivity contribution < 1.29 is 0 Å². The van der Waals surface area contributed by atoms with E-state index in [-0.39, 0.29) is 0 Å². The van der Waals surface area contributed by atoms with Crippen molar-refractivity contribution in [2.75, 3.05) is 13.1 Å². The number of aliphatic imine (C=N–C) groups is 1. The molecule has 13 heavy (non-hydrogen) atoms. The normalized spacial score (nSPS) is 16.2. The Bertz CT molecular complexity index is 311. The summed E-state index contributed by atoms with van der Waals surface area (Å²) < 4.78 is 0. The molecule has 1 aliphatic heterocycles. The largest absolute Gasteiger partial charge is 0.370 e. The lowest BCUT2D eigenvalue weighted by molar-refractivity contribution is 0.742. The fraction of sp³-hybridized carbons (Fsp3) is 0.273. The van der Waals surface area contributed by atoms with E-state index < -0.39 is 0 Å². The maximum absolute atomic E-state index is 4.41. The lowest BCUT2D eigenvalue weighted by atomic mass is 10.1. The summed E-state index contributed by atoms with van der Waals surface area (Å²) in [6.07, 6.45) is 1.14. The van der Waals surface area contributed by atoms with Crippen LogP contribution in [-0.4, -0.2) is 18.9 Å². The van der Waals surface area contributed by atoms with Crippen molar-refractivity contribution >= 4 is 5.84 Å². The third-order valence-corrected chi connectivity index (χ3v) is 2.12. The maximum Gasteiger partial charge on any atom is 0.128 e. The number of nitrogens with one attached hydrogen (secondary N) is 1. The Morgan fingerprint density at radius 3 is 2.62 bits per heavy atom. The van der Waals surface area contributed by atoms with E-state index in [2.05, 4.69) is 29.4 Å². The van der Waals surface area contributed by atoms with Gasteiger partial charge in [0.05, 0.1) is 0 Å². The highest BCUT2D eigenvalue weighted by Crippen LogP contribution is 2.05. The summed E-state index contributed by atoms with van der Waals surface area (Å²) in [4.78, 5) is 4.41. The van der Waals surface area contributed by atoms with Gasteiger partial charge >= 0.3 is 0 Å². The fourth-order valence-corrected chi connectivity index (χ4v) is 1.39. The minimum Gasteiger partial charge on any atom is -0.370 e. The van der Waals surface area contributed by atoms with E-state index in [1.165, 1.54) is 0 Å². The molecule has 2 heteroatoms. The first-order valence-electron chi connectivity index (χ1n) is 4.57. The van der Waals surface area contributed by atoms with Gasteiger partial charge in [-0.25, -0.2) is 0 Å². The molecule has 0 aromatic heterocycles. The molecular weight excluding hydrogens is 160 g/mol. The summed E-state index contributed by atoms with van der Waals surface area (Å²) in [5.74, 6) is 1.02. The highest BCUT2D eigenvalue weighted by atomic mass is 15.0. The molecule has 1 aromatic carbocycles. The van der Waals surface area contributed by atoms with Crippen LogP contribution in [0.5, 0.6) is 0 Å². The fourth-order valence-electron chi connectivity index (χ4n) is 1.39. The SMILES string of the molecule is [CH2]c1ccc(C2=NCCCN2)cc1. The van der Waals surface area contributed by atoms with E-state index in [1.807, 2.05) is 12.1 Å². The van der Waals surface area contributed by atoms with Crippen molar-refractivity contribution in [2.24, 2.45) is 4.99 Å². The molecule has 0 amide bonds. The summed E-state index contributed by atoms with van der Waals surface area (Å²) in [7, 11) is 0. The third kappa shape index (κ3) is 1.89. The molecule has 1 aromatic rings. The van der Waals surface area contributed by atoms with Crippen molar-refractivity contribution in [3.05, 3.63) is 42.3 Å². The molecule has 67 valence electrons. The Morgan fingerprint density at radius 2 is 2.00 bits per heavy atom. The van der Waals surface area contributed by atoms with Gasteiger partial charge < -0.3 is 5.32 Å². The van der Waals surface area contributed by atoms with Crippen LogP contribution in [0.4, 0.5) is 0 Å². The third-order valence-electron chi connectivity index (χ3n) is 2.12. The molecule has 0 saturated heterocycles. The summed E-state index contributed by atoms with van der Waals surface area (Å²) in [6.45, 7) is 5.82. The minimum atomic E-state index is 0.939. The molecule has 0 aliphatic carbocycles. The molecule has 1 radical (unpaired) electrons. The summed E-state index contributed by atoms with van der Waals surface area (Å²) in [5.41, 5.74) is 2.20. The molecule has 1 N–H and O–H groups in total. The maximum atomic E-state index is 4.41. The van der Waals surface area contributed by atoms with Crippen molar-refractivity contribution in [2.45, 2.75) is 6.42 Å². The molecule has 2 rings (SSSR count). The molecule has 0 bridgehead atoms. The van der Waals surface area contributed by atoms with Crippen molar-refractivity contribution in [1.29, 1.82) is 0 Å². The predicted molar refractivity (Wildman–Crippen MR) is 54.9 cm³/mol. The van der Waals surface area contributed by atoms with Crippen LogP contribution in [0.3, 0.4) is 0 Å². The van der Waals surface area contributed by atoms with E-state index in [0.717, 1.165) is 36.5 Å². The molecule has 0 unspecified atom stereocenters. The van der Waals surface area contributed by atoms with E-state index in [0.29, 0.717) is 0 Å². The Labute approximate surface area is 78.7 Å². The van der Waals surface area contributed by atoms with E-state index >= 15 is 0 Å². The summed E-state index contributed by atoms with van der Waals surface area (Å²) in [6, 6.07) is 8.13. The Morgan fingerprint density at radius 1 is 1.23 bits per heavy atom. The standard InChI is InChI=1S/C11H13N2/c1-9-3-5-10(6-4-9)11-12-7-2-8-13-11/h3-6H,1-2,7-8H2,(H,12,13). The van der Waals surface area contributed by atoms with Crippen LogP contribution in [-0.2, 0) is 0 Å². The number of hydrogen-bond donors (Lipinski definition) is 1.